The summed E-state index contributed by atoms with van der Waals surface area (Å²) < 4.78 is 22.4. The fourth-order valence-corrected chi connectivity index (χ4v) is 3.34. The van der Waals surface area contributed by atoms with Crippen molar-refractivity contribution < 1.29 is 18.6 Å². The molecular formula is C18H15BrO5. The summed E-state index contributed by atoms with van der Waals surface area (Å²) in [5.41, 5.74) is 1.03. The van der Waals surface area contributed by atoms with Gasteiger partial charge in [-0.15, -0.1) is 0 Å². The van der Waals surface area contributed by atoms with Crippen LogP contribution in [0.4, 0.5) is 0 Å². The highest BCUT2D eigenvalue weighted by Crippen LogP contribution is 2.48. The highest BCUT2D eigenvalue weighted by Gasteiger charge is 2.24. The second-order valence-corrected chi connectivity index (χ2v) is 5.76. The minimum atomic E-state index is -0.460. The zero-order chi connectivity index (χ0) is 17.3. The lowest BCUT2D eigenvalue weighted by Crippen LogP contribution is -2.05. The number of hydrogen-bond donors (Lipinski definition) is 0. The summed E-state index contributed by atoms with van der Waals surface area (Å²) in [4.78, 5) is 12.5. The van der Waals surface area contributed by atoms with Gasteiger partial charge in [-0.05, 0) is 27.6 Å². The summed E-state index contributed by atoms with van der Waals surface area (Å²) in [5, 5.41) is 0.612. The van der Waals surface area contributed by atoms with E-state index in [1.807, 2.05) is 30.3 Å². The molecule has 1 aromatic heterocycles. The Labute approximate surface area is 146 Å². The van der Waals surface area contributed by atoms with Crippen molar-refractivity contribution in [3.8, 4) is 28.4 Å². The van der Waals surface area contributed by atoms with E-state index in [1.54, 1.807) is 13.2 Å². The van der Waals surface area contributed by atoms with Crippen molar-refractivity contribution in [2.45, 2.75) is 0 Å². The minimum Gasteiger partial charge on any atom is -0.495 e. The van der Waals surface area contributed by atoms with E-state index >= 15 is 0 Å². The van der Waals surface area contributed by atoms with E-state index in [-0.39, 0.29) is 5.58 Å². The predicted octanol–water partition coefficient (Wildman–Crippen LogP) is 4.25. The molecule has 0 radical (unpaired) electrons. The van der Waals surface area contributed by atoms with Gasteiger partial charge in [0.05, 0.1) is 32.3 Å². The highest BCUT2D eigenvalue weighted by molar-refractivity contribution is 9.10. The molecule has 5 nitrogen and oxygen atoms in total. The molecule has 0 saturated heterocycles. The van der Waals surface area contributed by atoms with Gasteiger partial charge >= 0.3 is 5.63 Å². The van der Waals surface area contributed by atoms with Crippen LogP contribution in [0.5, 0.6) is 17.2 Å². The maximum atomic E-state index is 12.5. The van der Waals surface area contributed by atoms with E-state index in [1.165, 1.54) is 14.2 Å². The van der Waals surface area contributed by atoms with Crippen molar-refractivity contribution in [3.05, 3.63) is 51.3 Å². The van der Waals surface area contributed by atoms with E-state index < -0.39 is 5.63 Å². The van der Waals surface area contributed by atoms with Crippen LogP contribution in [0, 0.1) is 0 Å². The lowest BCUT2D eigenvalue weighted by molar-refractivity contribution is 0.344. The molecule has 3 rings (SSSR count). The van der Waals surface area contributed by atoms with Crippen LogP contribution in [0.3, 0.4) is 0 Å². The number of hydrogen-bond acceptors (Lipinski definition) is 5. The molecule has 24 heavy (non-hydrogen) atoms. The largest absolute Gasteiger partial charge is 0.495 e. The maximum Gasteiger partial charge on any atom is 0.344 e. The average Bonchev–Trinajstić information content (AvgIpc) is 2.61. The van der Waals surface area contributed by atoms with Crippen LogP contribution < -0.4 is 19.8 Å². The van der Waals surface area contributed by atoms with Crippen molar-refractivity contribution in [1.82, 2.24) is 0 Å². The molecule has 1 heterocycles. The summed E-state index contributed by atoms with van der Waals surface area (Å²) >= 11 is 3.46. The normalized spacial score (nSPS) is 10.7. The summed E-state index contributed by atoms with van der Waals surface area (Å²) in [5.74, 6) is 1.23. The van der Waals surface area contributed by atoms with Crippen LogP contribution in [0.2, 0.25) is 0 Å². The summed E-state index contributed by atoms with van der Waals surface area (Å²) in [6, 6.07) is 11.0. The molecule has 0 spiro atoms. The van der Waals surface area contributed by atoms with Crippen molar-refractivity contribution in [2.24, 2.45) is 0 Å². The molecule has 0 aliphatic carbocycles. The van der Waals surface area contributed by atoms with E-state index in [2.05, 4.69) is 15.9 Å². The first kappa shape index (κ1) is 16.4. The van der Waals surface area contributed by atoms with E-state index in [0.29, 0.717) is 32.7 Å². The molecule has 124 valence electrons. The Hall–Kier alpha value is -2.47. The smallest absolute Gasteiger partial charge is 0.344 e. The molecule has 0 amide bonds. The summed E-state index contributed by atoms with van der Waals surface area (Å²) in [6.45, 7) is 0. The van der Waals surface area contributed by atoms with Gasteiger partial charge in [0.15, 0.2) is 11.3 Å². The molecule has 0 atom stereocenters. The third kappa shape index (κ3) is 2.53. The van der Waals surface area contributed by atoms with Gasteiger partial charge in [0, 0.05) is 0 Å². The molecule has 0 unspecified atom stereocenters. The third-order valence-electron chi connectivity index (χ3n) is 3.70. The number of fused-ring (bicyclic) bond motifs is 1. The fraction of sp³-hybridized carbons (Fsp3) is 0.167. The lowest BCUT2D eigenvalue weighted by atomic mass is 10.1. The molecule has 0 fully saturated rings. The Morgan fingerprint density at radius 2 is 1.54 bits per heavy atom. The molecular weight excluding hydrogens is 376 g/mol. The number of halogens is 1. The molecule has 2 aromatic carbocycles. The summed E-state index contributed by atoms with van der Waals surface area (Å²) in [7, 11) is 4.53. The number of rotatable bonds is 4. The number of ether oxygens (including phenoxy) is 3. The average molecular weight is 391 g/mol. The van der Waals surface area contributed by atoms with E-state index in [9.17, 15) is 4.79 Å². The Bertz CT molecular complexity index is 947. The number of benzene rings is 2. The Morgan fingerprint density at radius 1 is 0.917 bits per heavy atom. The van der Waals surface area contributed by atoms with Gasteiger partial charge in [0.25, 0.3) is 0 Å². The summed E-state index contributed by atoms with van der Waals surface area (Å²) in [6.07, 6.45) is 0. The second kappa shape index (κ2) is 6.57. The minimum absolute atomic E-state index is 0.277. The number of methoxy groups -OCH3 is 3. The monoisotopic (exact) mass is 390 g/mol. The second-order valence-electron chi connectivity index (χ2n) is 4.97. The van der Waals surface area contributed by atoms with Gasteiger partial charge in [-0.3, -0.25) is 0 Å². The van der Waals surface area contributed by atoms with Crippen LogP contribution >= 0.6 is 15.9 Å². The standard InChI is InChI=1S/C18H15BrO5/c1-21-14-12-9-11(10-7-5-4-6-8-10)18(20)24-15(12)17(23-3)16(22-2)13(14)19/h4-9H,1-3H3. The van der Waals surface area contributed by atoms with Crippen LogP contribution in [0.25, 0.3) is 22.1 Å². The first-order valence-electron chi connectivity index (χ1n) is 7.13. The van der Waals surface area contributed by atoms with Gasteiger partial charge in [0.1, 0.15) is 10.2 Å². The highest BCUT2D eigenvalue weighted by atomic mass is 79.9. The Morgan fingerprint density at radius 3 is 2.12 bits per heavy atom. The zero-order valence-electron chi connectivity index (χ0n) is 13.4. The molecule has 6 heteroatoms. The fourth-order valence-electron chi connectivity index (χ4n) is 2.62. The molecule has 3 aromatic rings. The first-order valence-corrected chi connectivity index (χ1v) is 7.92. The van der Waals surface area contributed by atoms with E-state index in [0.717, 1.165) is 5.56 Å². The Balaban J connectivity index is 2.44. The molecule has 0 bridgehead atoms. The van der Waals surface area contributed by atoms with Crippen molar-refractivity contribution in [3.63, 3.8) is 0 Å². The van der Waals surface area contributed by atoms with Crippen LogP contribution in [0.15, 0.2) is 50.1 Å². The van der Waals surface area contributed by atoms with Crippen molar-refractivity contribution in [2.75, 3.05) is 21.3 Å². The predicted molar refractivity (Wildman–Crippen MR) is 95.3 cm³/mol. The van der Waals surface area contributed by atoms with Gasteiger partial charge in [-0.25, -0.2) is 4.79 Å². The zero-order valence-corrected chi connectivity index (χ0v) is 15.0. The van der Waals surface area contributed by atoms with Gasteiger partial charge in [-0.2, -0.15) is 0 Å². The topological polar surface area (TPSA) is 57.9 Å². The maximum absolute atomic E-state index is 12.5. The van der Waals surface area contributed by atoms with Crippen LogP contribution in [-0.4, -0.2) is 21.3 Å². The molecule has 0 aliphatic rings. The molecule has 0 N–H and O–H groups in total. The lowest BCUT2D eigenvalue weighted by Gasteiger charge is -2.16. The molecule has 0 saturated carbocycles. The van der Waals surface area contributed by atoms with Crippen molar-refractivity contribution in [1.29, 1.82) is 0 Å². The quantitative estimate of drug-likeness (QED) is 0.623. The third-order valence-corrected chi connectivity index (χ3v) is 4.42. The molecule has 0 aliphatic heterocycles. The van der Waals surface area contributed by atoms with E-state index in [4.69, 9.17) is 18.6 Å². The van der Waals surface area contributed by atoms with Crippen LogP contribution in [0.1, 0.15) is 0 Å². The Kier molecular flexibility index (Phi) is 4.49. The van der Waals surface area contributed by atoms with Gasteiger partial charge < -0.3 is 18.6 Å². The van der Waals surface area contributed by atoms with Gasteiger partial charge in [0.2, 0.25) is 5.75 Å². The SMILES string of the molecule is COc1c(Br)c(OC)c2cc(-c3ccccc3)c(=O)oc2c1OC. The first-order chi connectivity index (χ1) is 11.6. The van der Waals surface area contributed by atoms with Crippen LogP contribution in [-0.2, 0) is 0 Å². The van der Waals surface area contributed by atoms with Crippen molar-refractivity contribution >= 4 is 26.9 Å². The van der Waals surface area contributed by atoms with Gasteiger partial charge in [-0.1, -0.05) is 30.3 Å².